The van der Waals surface area contributed by atoms with Gasteiger partial charge in [-0.25, -0.2) is 4.98 Å². The summed E-state index contributed by atoms with van der Waals surface area (Å²) in [5.41, 5.74) is 2.59. The Bertz CT molecular complexity index is 851. The minimum absolute atomic E-state index is 0.0509. The number of hydrogen-bond donors (Lipinski definition) is 0. The van der Waals surface area contributed by atoms with Crippen molar-refractivity contribution < 1.29 is 9.53 Å². The maximum Gasteiger partial charge on any atom is 0.228 e. The van der Waals surface area contributed by atoms with Crippen molar-refractivity contribution in [3.8, 4) is 0 Å². The second-order valence-electron chi connectivity index (χ2n) is 5.92. The molecule has 0 radical (unpaired) electrons. The maximum absolute atomic E-state index is 12.8. The molecule has 0 N–H and O–H groups in total. The van der Waals surface area contributed by atoms with E-state index in [9.17, 15) is 4.79 Å². The normalized spacial score (nSPS) is 15.7. The lowest BCUT2D eigenvalue weighted by atomic mass is 10.1. The molecule has 0 spiro atoms. The third kappa shape index (κ3) is 2.84. The Balaban J connectivity index is 1.72. The number of fused-ring (bicyclic) bond motifs is 1. The Morgan fingerprint density at radius 1 is 1.04 bits per heavy atom. The van der Waals surface area contributed by atoms with E-state index in [0.29, 0.717) is 11.4 Å². The molecule has 0 unspecified atom stereocenters. The monoisotopic (exact) mass is 321 g/mol. The van der Waals surface area contributed by atoms with Gasteiger partial charge >= 0.3 is 0 Å². The van der Waals surface area contributed by atoms with E-state index >= 15 is 0 Å². The largest absolute Gasteiger partial charge is 0.379 e. The summed E-state index contributed by atoms with van der Waals surface area (Å²) in [4.78, 5) is 19.9. The van der Waals surface area contributed by atoms with Crippen LogP contribution in [0, 0.1) is 0 Å². The van der Waals surface area contributed by atoms with E-state index in [-0.39, 0.29) is 5.78 Å². The van der Waals surface area contributed by atoms with E-state index < -0.39 is 0 Å². The average molecular weight is 321 g/mol. The summed E-state index contributed by atoms with van der Waals surface area (Å²) >= 11 is 0. The molecule has 0 saturated carbocycles. The van der Waals surface area contributed by atoms with Crippen LogP contribution in [0.4, 0.5) is 0 Å². The molecule has 0 amide bonds. The highest BCUT2D eigenvalue weighted by molar-refractivity contribution is 6.07. The Morgan fingerprint density at radius 2 is 1.79 bits per heavy atom. The molecule has 1 aliphatic rings. The van der Waals surface area contributed by atoms with E-state index in [1.165, 1.54) is 0 Å². The third-order valence-corrected chi connectivity index (χ3v) is 4.34. The predicted octanol–water partition coefficient (Wildman–Crippen LogP) is 2.40. The van der Waals surface area contributed by atoms with E-state index in [4.69, 9.17) is 9.72 Å². The van der Waals surface area contributed by atoms with Crippen LogP contribution >= 0.6 is 0 Å². The molecule has 4 rings (SSSR count). The van der Waals surface area contributed by atoms with Crippen molar-refractivity contribution in [2.75, 3.05) is 26.3 Å². The first-order chi connectivity index (χ1) is 11.8. The van der Waals surface area contributed by atoms with Gasteiger partial charge in [0, 0.05) is 31.4 Å². The van der Waals surface area contributed by atoms with E-state index in [1.54, 1.807) is 0 Å². The molecule has 5 nitrogen and oxygen atoms in total. The van der Waals surface area contributed by atoms with Crippen molar-refractivity contribution >= 4 is 11.3 Å². The molecule has 5 heteroatoms. The molecular formula is C19H19N3O2. The summed E-state index contributed by atoms with van der Waals surface area (Å²) in [7, 11) is 0. The summed E-state index contributed by atoms with van der Waals surface area (Å²) in [6.45, 7) is 4.03. The summed E-state index contributed by atoms with van der Waals surface area (Å²) in [6, 6.07) is 15.2. The zero-order valence-corrected chi connectivity index (χ0v) is 13.4. The van der Waals surface area contributed by atoms with Gasteiger partial charge < -0.3 is 4.74 Å². The van der Waals surface area contributed by atoms with Gasteiger partial charge in [0.15, 0.2) is 5.82 Å². The lowest BCUT2D eigenvalue weighted by molar-refractivity contribution is 0.0338. The molecule has 2 aromatic heterocycles. The Morgan fingerprint density at radius 3 is 2.58 bits per heavy atom. The van der Waals surface area contributed by atoms with Crippen LogP contribution in [0.25, 0.3) is 5.52 Å². The molecule has 3 heterocycles. The smallest absolute Gasteiger partial charge is 0.228 e. The minimum Gasteiger partial charge on any atom is -0.379 e. The summed E-state index contributed by atoms with van der Waals surface area (Å²) < 4.78 is 7.30. The van der Waals surface area contributed by atoms with Crippen LogP contribution in [-0.4, -0.2) is 46.4 Å². The van der Waals surface area contributed by atoms with Gasteiger partial charge in [-0.05, 0) is 12.1 Å². The van der Waals surface area contributed by atoms with Gasteiger partial charge in [0.25, 0.3) is 0 Å². The molecule has 1 saturated heterocycles. The zero-order valence-electron chi connectivity index (χ0n) is 13.4. The van der Waals surface area contributed by atoms with Crippen LogP contribution in [0.15, 0.2) is 54.7 Å². The van der Waals surface area contributed by atoms with Crippen molar-refractivity contribution in [2.45, 2.75) is 6.54 Å². The molecule has 122 valence electrons. The lowest BCUT2D eigenvalue weighted by Gasteiger charge is -2.25. The van der Waals surface area contributed by atoms with Crippen LogP contribution in [0.1, 0.15) is 21.9 Å². The van der Waals surface area contributed by atoms with Crippen LogP contribution in [0.2, 0.25) is 0 Å². The quantitative estimate of drug-likeness (QED) is 0.692. The summed E-state index contributed by atoms with van der Waals surface area (Å²) in [6.07, 6.45) is 1.90. The number of pyridine rings is 1. The third-order valence-electron chi connectivity index (χ3n) is 4.34. The molecular weight excluding hydrogens is 302 g/mol. The number of imidazole rings is 1. The van der Waals surface area contributed by atoms with Crippen molar-refractivity contribution in [3.05, 3.63) is 71.8 Å². The minimum atomic E-state index is -0.0509. The van der Waals surface area contributed by atoms with Gasteiger partial charge in [0.2, 0.25) is 5.78 Å². The number of ketones is 1. The number of rotatable bonds is 4. The highest BCUT2D eigenvalue weighted by atomic mass is 16.5. The molecule has 3 aromatic rings. The molecule has 0 aliphatic carbocycles. The van der Waals surface area contributed by atoms with Crippen molar-refractivity contribution in [1.29, 1.82) is 0 Å². The number of hydrogen-bond acceptors (Lipinski definition) is 4. The second-order valence-corrected chi connectivity index (χ2v) is 5.92. The number of ether oxygens (including phenoxy) is 1. The topological polar surface area (TPSA) is 46.8 Å². The van der Waals surface area contributed by atoms with Crippen LogP contribution in [0.5, 0.6) is 0 Å². The molecule has 1 fully saturated rings. The molecule has 1 aromatic carbocycles. The number of aromatic nitrogens is 2. The van der Waals surface area contributed by atoms with Gasteiger partial charge in [0.05, 0.1) is 24.4 Å². The summed E-state index contributed by atoms with van der Waals surface area (Å²) in [5, 5.41) is 0. The Hall–Kier alpha value is -2.50. The first kappa shape index (κ1) is 15.1. The number of carbonyl (C=O) groups excluding carboxylic acids is 1. The molecule has 0 atom stereocenters. The van der Waals surface area contributed by atoms with Gasteiger partial charge in [0.1, 0.15) is 0 Å². The van der Waals surface area contributed by atoms with E-state index in [0.717, 1.165) is 44.1 Å². The lowest BCUT2D eigenvalue weighted by Crippen LogP contribution is -2.35. The standard InChI is InChI=1S/C19H19N3O2/c23-18(15-6-2-1-3-7-15)19-20-16(14-21-10-12-24-13-11-21)17-8-4-5-9-22(17)19/h1-9H,10-14H2. The zero-order chi connectivity index (χ0) is 16.4. The Kier molecular flexibility index (Phi) is 4.11. The SMILES string of the molecule is O=C(c1ccccc1)c1nc(CN2CCOCC2)c2ccccn12. The van der Waals surface area contributed by atoms with Gasteiger partial charge in [-0.1, -0.05) is 36.4 Å². The fraction of sp³-hybridized carbons (Fsp3) is 0.263. The number of benzene rings is 1. The van der Waals surface area contributed by atoms with Gasteiger partial charge in [-0.15, -0.1) is 0 Å². The molecule has 1 aliphatic heterocycles. The van der Waals surface area contributed by atoms with Crippen LogP contribution in [0.3, 0.4) is 0 Å². The average Bonchev–Trinajstić information content (AvgIpc) is 3.01. The van der Waals surface area contributed by atoms with Gasteiger partial charge in [-0.3, -0.25) is 14.1 Å². The Labute approximate surface area is 140 Å². The van der Waals surface area contributed by atoms with Crippen LogP contribution in [-0.2, 0) is 11.3 Å². The van der Waals surface area contributed by atoms with Crippen LogP contribution < -0.4 is 0 Å². The highest BCUT2D eigenvalue weighted by Crippen LogP contribution is 2.18. The molecule has 0 bridgehead atoms. The number of carbonyl (C=O) groups is 1. The van der Waals surface area contributed by atoms with E-state index in [2.05, 4.69) is 4.90 Å². The fourth-order valence-electron chi connectivity index (χ4n) is 3.07. The number of morpholine rings is 1. The van der Waals surface area contributed by atoms with Crippen molar-refractivity contribution in [1.82, 2.24) is 14.3 Å². The van der Waals surface area contributed by atoms with Crippen molar-refractivity contribution in [2.24, 2.45) is 0 Å². The van der Waals surface area contributed by atoms with E-state index in [1.807, 2.05) is 59.1 Å². The van der Waals surface area contributed by atoms with Crippen molar-refractivity contribution in [3.63, 3.8) is 0 Å². The fourth-order valence-corrected chi connectivity index (χ4v) is 3.07. The maximum atomic E-state index is 12.8. The van der Waals surface area contributed by atoms with Gasteiger partial charge in [-0.2, -0.15) is 0 Å². The first-order valence-electron chi connectivity index (χ1n) is 8.19. The second kappa shape index (κ2) is 6.55. The molecule has 24 heavy (non-hydrogen) atoms. The predicted molar refractivity (Wildman–Crippen MR) is 91.2 cm³/mol. The highest BCUT2D eigenvalue weighted by Gasteiger charge is 2.20. The first-order valence-corrected chi connectivity index (χ1v) is 8.19. The number of nitrogens with zero attached hydrogens (tertiary/aromatic N) is 3. The summed E-state index contributed by atoms with van der Waals surface area (Å²) in [5.74, 6) is 0.421.